The van der Waals surface area contributed by atoms with Gasteiger partial charge in [0.1, 0.15) is 0 Å². The van der Waals surface area contributed by atoms with Crippen molar-refractivity contribution in [1.82, 2.24) is 0 Å². The molecule has 0 aliphatic heterocycles. The molecule has 0 bridgehead atoms. The van der Waals surface area contributed by atoms with Crippen molar-refractivity contribution in [3.05, 3.63) is 59.2 Å². The number of nitrogens with two attached hydrogens (primary N) is 1. The lowest BCUT2D eigenvalue weighted by Gasteiger charge is -2.00. The molecule has 7 heteroatoms. The maximum atomic E-state index is 11.3. The van der Waals surface area contributed by atoms with Gasteiger partial charge in [-0.15, -0.1) is 0 Å². The summed E-state index contributed by atoms with van der Waals surface area (Å²) >= 11 is 2.57. The van der Waals surface area contributed by atoms with Crippen molar-refractivity contribution in [2.75, 3.05) is 0 Å². The van der Waals surface area contributed by atoms with Gasteiger partial charge >= 0.3 is 10.1 Å². The van der Waals surface area contributed by atoms with E-state index in [1.165, 1.54) is 36.3 Å². The molecule has 2 N–H and O–H groups in total. The Labute approximate surface area is 107 Å². The summed E-state index contributed by atoms with van der Waals surface area (Å²) in [6.45, 7) is 0. The third-order valence-electron chi connectivity index (χ3n) is 1.91. The summed E-state index contributed by atoms with van der Waals surface area (Å²) in [6, 6.07) is 10.4. The van der Waals surface area contributed by atoms with Gasteiger partial charge in [-0.1, -0.05) is 0 Å². The Balaban J connectivity index is 1.93. The Hall–Kier alpha value is -1.44. The van der Waals surface area contributed by atoms with E-state index in [4.69, 9.17) is 0 Å². The van der Waals surface area contributed by atoms with E-state index in [1.807, 2.05) is 0 Å². The summed E-state index contributed by atoms with van der Waals surface area (Å²) in [5, 5.41) is 23.8. The smallest absolute Gasteiger partial charge is 0.309 e. The summed E-state index contributed by atoms with van der Waals surface area (Å²) < 4.78 is 3.34. The molecule has 0 aromatic carbocycles. The quantitative estimate of drug-likeness (QED) is 0.489. The minimum absolute atomic E-state index is 0.577. The molecule has 2 aromatic rings. The fraction of sp³-hybridized carbons (Fsp3) is 0. The molecule has 0 saturated carbocycles. The molecule has 0 radical (unpaired) electrons. The van der Waals surface area contributed by atoms with Gasteiger partial charge in [0.25, 0.3) is 0 Å². The van der Waals surface area contributed by atoms with Gasteiger partial charge in [0.2, 0.25) is 0 Å². The van der Waals surface area contributed by atoms with E-state index in [9.17, 15) is 10.4 Å². The Morgan fingerprint density at radius 1 is 0.824 bits per heavy atom. The van der Waals surface area contributed by atoms with E-state index in [0.717, 1.165) is 9.46 Å². The molecule has 0 unspecified atom stereocenters. The predicted molar refractivity (Wildman–Crippen MR) is 64.4 cm³/mol. The van der Waals surface area contributed by atoms with Crippen LogP contribution < -0.4 is 13.6 Å². The molecular formula is C10H10N3O2S2+. The SMILES string of the molecule is [O-][n+]1ccccc1S[NH2+]Sc1cccc[n+]1[O-]. The average Bonchev–Trinajstić information content (AvgIpc) is 2.34. The van der Waals surface area contributed by atoms with Crippen molar-refractivity contribution in [3.63, 3.8) is 0 Å². The maximum absolute atomic E-state index is 11.3. The van der Waals surface area contributed by atoms with Crippen molar-refractivity contribution >= 4 is 23.9 Å². The van der Waals surface area contributed by atoms with Crippen LogP contribution in [-0.4, -0.2) is 0 Å². The molecule has 2 heterocycles. The molecular weight excluding hydrogens is 258 g/mol. The van der Waals surface area contributed by atoms with Gasteiger partial charge < -0.3 is 10.4 Å². The minimum atomic E-state index is 0.577. The van der Waals surface area contributed by atoms with Crippen LogP contribution in [0.4, 0.5) is 0 Å². The molecule has 2 rings (SSSR count). The molecule has 17 heavy (non-hydrogen) atoms. The van der Waals surface area contributed by atoms with Crippen LogP contribution in [0.25, 0.3) is 0 Å². The Kier molecular flexibility index (Phi) is 4.08. The highest BCUT2D eigenvalue weighted by atomic mass is 32.2. The molecule has 5 nitrogen and oxygen atoms in total. The zero-order valence-corrected chi connectivity index (χ0v) is 10.4. The fourth-order valence-corrected chi connectivity index (χ4v) is 2.76. The number of nitrogens with zero attached hydrogens (tertiary/aromatic N) is 2. The number of quaternary nitrogens is 1. The second kappa shape index (κ2) is 5.76. The Morgan fingerprint density at radius 2 is 1.29 bits per heavy atom. The summed E-state index contributed by atoms with van der Waals surface area (Å²) in [7, 11) is 0. The molecule has 0 spiro atoms. The molecule has 88 valence electrons. The molecule has 0 amide bonds. The zero-order valence-electron chi connectivity index (χ0n) is 8.72. The first-order valence-corrected chi connectivity index (χ1v) is 6.55. The van der Waals surface area contributed by atoms with E-state index in [1.54, 1.807) is 40.5 Å². The summed E-state index contributed by atoms with van der Waals surface area (Å²) in [6.07, 6.45) is 2.88. The summed E-state index contributed by atoms with van der Waals surface area (Å²) in [4.78, 5) is 0. The topological polar surface area (TPSA) is 70.5 Å². The first-order valence-electron chi connectivity index (χ1n) is 4.79. The van der Waals surface area contributed by atoms with Crippen LogP contribution in [0, 0.1) is 10.4 Å². The van der Waals surface area contributed by atoms with E-state index < -0.39 is 0 Å². The lowest BCUT2D eigenvalue weighted by molar-refractivity contribution is -0.649. The van der Waals surface area contributed by atoms with Crippen molar-refractivity contribution < 1.29 is 13.6 Å². The molecule has 0 atom stereocenters. The van der Waals surface area contributed by atoms with Gasteiger partial charge in [-0.05, 0) is 12.1 Å². The van der Waals surface area contributed by atoms with Crippen molar-refractivity contribution in [1.29, 1.82) is 0 Å². The second-order valence-corrected chi connectivity index (χ2v) is 5.14. The number of hydrogen-bond acceptors (Lipinski definition) is 4. The third-order valence-corrected chi connectivity index (χ3v) is 3.80. The van der Waals surface area contributed by atoms with Crippen LogP contribution in [0.5, 0.6) is 0 Å². The van der Waals surface area contributed by atoms with Crippen LogP contribution in [-0.2, 0) is 0 Å². The fourth-order valence-electron chi connectivity index (χ4n) is 1.13. The number of aromatic nitrogens is 2. The van der Waals surface area contributed by atoms with Crippen molar-refractivity contribution in [2.24, 2.45) is 0 Å². The van der Waals surface area contributed by atoms with Crippen LogP contribution in [0.3, 0.4) is 0 Å². The number of rotatable bonds is 4. The van der Waals surface area contributed by atoms with E-state index >= 15 is 0 Å². The molecule has 2 aromatic heterocycles. The first kappa shape index (κ1) is 12.0. The van der Waals surface area contributed by atoms with E-state index in [0.29, 0.717) is 10.1 Å². The van der Waals surface area contributed by atoms with Gasteiger partial charge in [-0.3, -0.25) is 0 Å². The van der Waals surface area contributed by atoms with Crippen molar-refractivity contribution in [3.8, 4) is 0 Å². The average molecular weight is 268 g/mol. The van der Waals surface area contributed by atoms with E-state index in [-0.39, 0.29) is 0 Å². The minimum Gasteiger partial charge on any atom is -0.618 e. The molecule has 0 saturated heterocycles. The Bertz CT molecular complexity index is 465. The first-order chi connectivity index (χ1) is 8.27. The highest BCUT2D eigenvalue weighted by molar-refractivity contribution is 8.04. The van der Waals surface area contributed by atoms with Gasteiger partial charge in [0.15, 0.2) is 36.3 Å². The lowest BCUT2D eigenvalue weighted by Crippen LogP contribution is -2.67. The predicted octanol–water partition coefficient (Wildman–Crippen LogP) is 0.231. The monoisotopic (exact) mass is 268 g/mol. The molecule has 0 aliphatic carbocycles. The summed E-state index contributed by atoms with van der Waals surface area (Å²) in [5.74, 6) is 0. The highest BCUT2D eigenvalue weighted by Gasteiger charge is 2.13. The summed E-state index contributed by atoms with van der Waals surface area (Å²) in [5.41, 5.74) is 0. The van der Waals surface area contributed by atoms with Gasteiger partial charge in [-0.25, -0.2) is 4.13 Å². The molecule has 0 aliphatic rings. The van der Waals surface area contributed by atoms with Crippen molar-refractivity contribution in [2.45, 2.75) is 10.1 Å². The normalized spacial score (nSPS) is 10.4. The second-order valence-electron chi connectivity index (χ2n) is 3.06. The van der Waals surface area contributed by atoms with E-state index in [2.05, 4.69) is 0 Å². The maximum Gasteiger partial charge on any atom is 0.309 e. The highest BCUT2D eigenvalue weighted by Crippen LogP contribution is 2.08. The van der Waals surface area contributed by atoms with Crippen LogP contribution >= 0.6 is 23.9 Å². The van der Waals surface area contributed by atoms with Crippen LogP contribution in [0.2, 0.25) is 0 Å². The van der Waals surface area contributed by atoms with Crippen LogP contribution in [0.1, 0.15) is 0 Å². The lowest BCUT2D eigenvalue weighted by atomic mass is 10.5. The largest absolute Gasteiger partial charge is 0.618 e. The zero-order chi connectivity index (χ0) is 12.1. The standard InChI is InChI=1S/C10H9N3O2S2/c14-12-7-3-1-5-9(12)16-11-17-10-6-2-4-8-13(10)15/h1-8,11H/p+1. The number of pyridine rings is 2. The Morgan fingerprint density at radius 3 is 1.71 bits per heavy atom. The van der Waals surface area contributed by atoms with Crippen LogP contribution in [0.15, 0.2) is 58.8 Å². The van der Waals surface area contributed by atoms with Gasteiger partial charge in [0.05, 0.1) is 0 Å². The third kappa shape index (κ3) is 3.26. The molecule has 0 fully saturated rings. The number of hydrogen-bond donors (Lipinski definition) is 1. The van der Waals surface area contributed by atoms with Gasteiger partial charge in [-0.2, -0.15) is 9.46 Å². The van der Waals surface area contributed by atoms with Gasteiger partial charge in [0, 0.05) is 24.3 Å².